The molecule has 0 saturated carbocycles. The molecule has 0 amide bonds. The molecule has 0 aliphatic heterocycles. The van der Waals surface area contributed by atoms with E-state index in [4.69, 9.17) is 0 Å². The standard InChI is InChI=1S/C36H74S/c1-7-8-9-10-11-12-13-14-15-16-17-18-19-20-31-37-32-30-36(6)29-23-28-35(5)27-22-26-34(4)25-21-24-33(2)3/h33-36H,7-32H2,1-6H3. The molecule has 0 spiro atoms. The van der Waals surface area contributed by atoms with Crippen molar-refractivity contribution in [3.05, 3.63) is 0 Å². The highest BCUT2D eigenvalue weighted by Gasteiger charge is 2.08. The number of hydrogen-bond acceptors (Lipinski definition) is 1. The van der Waals surface area contributed by atoms with Gasteiger partial charge in [-0.05, 0) is 48.0 Å². The molecule has 0 aromatic heterocycles. The van der Waals surface area contributed by atoms with Crippen molar-refractivity contribution in [2.75, 3.05) is 11.5 Å². The minimum atomic E-state index is 0.877. The summed E-state index contributed by atoms with van der Waals surface area (Å²) in [6.07, 6.45) is 35.0. The average Bonchev–Trinajstić information content (AvgIpc) is 2.85. The van der Waals surface area contributed by atoms with Crippen LogP contribution >= 0.6 is 11.8 Å². The number of rotatable bonds is 30. The van der Waals surface area contributed by atoms with Crippen molar-refractivity contribution in [2.45, 2.75) is 196 Å². The van der Waals surface area contributed by atoms with Crippen LogP contribution in [0.5, 0.6) is 0 Å². The highest BCUT2D eigenvalue weighted by Crippen LogP contribution is 2.23. The molecular weight excluding hydrogens is 464 g/mol. The van der Waals surface area contributed by atoms with Crippen LogP contribution in [0.25, 0.3) is 0 Å². The van der Waals surface area contributed by atoms with Gasteiger partial charge in [-0.2, -0.15) is 11.8 Å². The lowest BCUT2D eigenvalue weighted by molar-refractivity contribution is 0.377. The van der Waals surface area contributed by atoms with Gasteiger partial charge in [0.15, 0.2) is 0 Å². The summed E-state index contributed by atoms with van der Waals surface area (Å²) in [7, 11) is 0. The monoisotopic (exact) mass is 539 g/mol. The molecular formula is C36H74S. The van der Waals surface area contributed by atoms with Gasteiger partial charge in [-0.25, -0.2) is 0 Å². The molecule has 1 heteroatoms. The van der Waals surface area contributed by atoms with Crippen molar-refractivity contribution in [1.82, 2.24) is 0 Å². The molecule has 0 aromatic carbocycles. The van der Waals surface area contributed by atoms with Crippen molar-refractivity contribution in [1.29, 1.82) is 0 Å². The van der Waals surface area contributed by atoms with Gasteiger partial charge in [0.2, 0.25) is 0 Å². The van der Waals surface area contributed by atoms with Crippen LogP contribution in [0.4, 0.5) is 0 Å². The molecule has 0 aliphatic carbocycles. The molecule has 0 rings (SSSR count). The van der Waals surface area contributed by atoms with Gasteiger partial charge in [-0.1, -0.05) is 183 Å². The van der Waals surface area contributed by atoms with Crippen molar-refractivity contribution >= 4 is 11.8 Å². The summed E-state index contributed by atoms with van der Waals surface area (Å²) in [5.41, 5.74) is 0. The third-order valence-corrected chi connectivity index (χ3v) is 9.77. The Bertz CT molecular complexity index is 417. The van der Waals surface area contributed by atoms with E-state index < -0.39 is 0 Å². The van der Waals surface area contributed by atoms with E-state index >= 15 is 0 Å². The smallest absolute Gasteiger partial charge is 0.00650 e. The van der Waals surface area contributed by atoms with Crippen molar-refractivity contribution < 1.29 is 0 Å². The van der Waals surface area contributed by atoms with Gasteiger partial charge < -0.3 is 0 Å². The van der Waals surface area contributed by atoms with Crippen LogP contribution in [0.1, 0.15) is 196 Å². The number of unbranched alkanes of at least 4 members (excludes halogenated alkanes) is 13. The molecule has 0 N–H and O–H groups in total. The molecule has 0 bridgehead atoms. The Morgan fingerprint density at radius 3 is 1.11 bits per heavy atom. The SMILES string of the molecule is CCCCCCCCCCCCCCCCSCCC(C)CCCC(C)CCCC(C)CCCC(C)C. The molecule has 0 aliphatic rings. The quantitative estimate of drug-likeness (QED) is 0.0819. The summed E-state index contributed by atoms with van der Waals surface area (Å²) in [5, 5.41) is 0. The summed E-state index contributed by atoms with van der Waals surface area (Å²) >= 11 is 2.23. The lowest BCUT2D eigenvalue weighted by Gasteiger charge is -2.16. The van der Waals surface area contributed by atoms with E-state index in [1.807, 2.05) is 0 Å². The molecule has 0 aromatic rings. The van der Waals surface area contributed by atoms with Gasteiger partial charge in [0, 0.05) is 0 Å². The first-order valence-electron chi connectivity index (χ1n) is 17.5. The molecule has 0 heterocycles. The van der Waals surface area contributed by atoms with Gasteiger partial charge in [-0.3, -0.25) is 0 Å². The summed E-state index contributed by atoms with van der Waals surface area (Å²) in [6.45, 7) is 14.5. The lowest BCUT2D eigenvalue weighted by Crippen LogP contribution is -2.02. The van der Waals surface area contributed by atoms with Crippen LogP contribution in [0.2, 0.25) is 0 Å². The van der Waals surface area contributed by atoms with E-state index in [1.165, 1.54) is 166 Å². The second-order valence-corrected chi connectivity index (χ2v) is 14.7. The van der Waals surface area contributed by atoms with Gasteiger partial charge in [-0.15, -0.1) is 0 Å². The fraction of sp³-hybridized carbons (Fsp3) is 1.00. The highest BCUT2D eigenvalue weighted by atomic mass is 32.2. The van der Waals surface area contributed by atoms with Crippen molar-refractivity contribution in [3.8, 4) is 0 Å². The third kappa shape index (κ3) is 30.7. The van der Waals surface area contributed by atoms with E-state index in [1.54, 1.807) is 0 Å². The first-order chi connectivity index (χ1) is 18.0. The Balaban J connectivity index is 3.32. The van der Waals surface area contributed by atoms with E-state index in [0.717, 1.165) is 23.7 Å². The Kier molecular flexibility index (Phi) is 29.6. The van der Waals surface area contributed by atoms with E-state index in [0.29, 0.717) is 0 Å². The minimum absolute atomic E-state index is 0.877. The Morgan fingerprint density at radius 2 is 0.703 bits per heavy atom. The molecule has 0 saturated heterocycles. The van der Waals surface area contributed by atoms with Crippen molar-refractivity contribution in [2.24, 2.45) is 23.7 Å². The fourth-order valence-electron chi connectivity index (χ4n) is 5.72. The van der Waals surface area contributed by atoms with Gasteiger partial charge >= 0.3 is 0 Å². The van der Waals surface area contributed by atoms with Crippen LogP contribution in [0, 0.1) is 23.7 Å². The molecule has 0 fully saturated rings. The van der Waals surface area contributed by atoms with Gasteiger partial charge in [0.25, 0.3) is 0 Å². The van der Waals surface area contributed by atoms with E-state index in [9.17, 15) is 0 Å². The minimum Gasteiger partial charge on any atom is -0.162 e. The summed E-state index contributed by atoms with van der Waals surface area (Å²) in [4.78, 5) is 0. The summed E-state index contributed by atoms with van der Waals surface area (Å²) in [6, 6.07) is 0. The number of thioether (sulfide) groups is 1. The van der Waals surface area contributed by atoms with Crippen LogP contribution in [0.15, 0.2) is 0 Å². The lowest BCUT2D eigenvalue weighted by atomic mass is 9.91. The topological polar surface area (TPSA) is 0 Å². The maximum atomic E-state index is 2.50. The van der Waals surface area contributed by atoms with E-state index in [2.05, 4.69) is 53.3 Å². The number of hydrogen-bond donors (Lipinski definition) is 0. The molecule has 3 unspecified atom stereocenters. The molecule has 37 heavy (non-hydrogen) atoms. The third-order valence-electron chi connectivity index (χ3n) is 8.66. The first-order valence-corrected chi connectivity index (χ1v) is 18.7. The normalized spacial score (nSPS) is 14.4. The second kappa shape index (κ2) is 29.3. The molecule has 0 nitrogen and oxygen atoms in total. The zero-order valence-corrected chi connectivity index (χ0v) is 27.9. The largest absolute Gasteiger partial charge is 0.162 e. The summed E-state index contributed by atoms with van der Waals surface area (Å²) < 4.78 is 0. The predicted molar refractivity (Wildman–Crippen MR) is 176 cm³/mol. The van der Waals surface area contributed by atoms with Crippen LogP contribution in [-0.4, -0.2) is 11.5 Å². The predicted octanol–water partition coefficient (Wildman–Crippen LogP) is 13.7. The maximum Gasteiger partial charge on any atom is -0.00650 e. The van der Waals surface area contributed by atoms with Crippen LogP contribution in [-0.2, 0) is 0 Å². The second-order valence-electron chi connectivity index (χ2n) is 13.5. The average molecular weight is 539 g/mol. The maximum absolute atomic E-state index is 2.50. The van der Waals surface area contributed by atoms with Crippen LogP contribution in [0.3, 0.4) is 0 Å². The van der Waals surface area contributed by atoms with Crippen LogP contribution < -0.4 is 0 Å². The molecule has 224 valence electrons. The van der Waals surface area contributed by atoms with Crippen molar-refractivity contribution in [3.63, 3.8) is 0 Å². The Morgan fingerprint density at radius 1 is 0.351 bits per heavy atom. The Labute approximate surface area is 242 Å². The van der Waals surface area contributed by atoms with Gasteiger partial charge in [0.1, 0.15) is 0 Å². The first kappa shape index (κ1) is 37.4. The Hall–Kier alpha value is 0.350. The zero-order valence-electron chi connectivity index (χ0n) is 27.1. The highest BCUT2D eigenvalue weighted by molar-refractivity contribution is 7.99. The molecule has 3 atom stereocenters. The fourth-order valence-corrected chi connectivity index (χ4v) is 6.90. The van der Waals surface area contributed by atoms with E-state index in [-0.39, 0.29) is 0 Å². The summed E-state index contributed by atoms with van der Waals surface area (Å²) in [5.74, 6) is 6.47. The molecule has 0 radical (unpaired) electrons. The van der Waals surface area contributed by atoms with Gasteiger partial charge in [0.05, 0.1) is 0 Å². The zero-order chi connectivity index (χ0) is 27.4.